The van der Waals surface area contributed by atoms with Crippen LogP contribution in [0.1, 0.15) is 35.1 Å². The Morgan fingerprint density at radius 2 is 1.57 bits per heavy atom. The summed E-state index contributed by atoms with van der Waals surface area (Å²) in [6.07, 6.45) is 3.49. The van der Waals surface area contributed by atoms with Crippen molar-refractivity contribution in [2.24, 2.45) is 0 Å². The summed E-state index contributed by atoms with van der Waals surface area (Å²) in [5, 5.41) is 3.44. The minimum atomic E-state index is -0.0818. The van der Waals surface area contributed by atoms with E-state index in [1.54, 1.807) is 0 Å². The number of aryl methyl sites for hydroxylation is 3. The number of halogens is 1. The van der Waals surface area contributed by atoms with E-state index in [1.165, 1.54) is 12.0 Å². The Morgan fingerprint density at radius 3 is 2.24 bits per heavy atom. The number of hydrogen-bond donors (Lipinski definition) is 1. The summed E-state index contributed by atoms with van der Waals surface area (Å²) in [6, 6.07) is 14.4. The largest absolute Gasteiger partial charge is 0.313 e. The van der Waals surface area contributed by atoms with Gasteiger partial charge in [-0.25, -0.2) is 4.39 Å². The van der Waals surface area contributed by atoms with Crippen molar-refractivity contribution in [3.8, 4) is 0 Å². The van der Waals surface area contributed by atoms with E-state index in [1.807, 2.05) is 26.0 Å². The molecule has 0 heterocycles. The normalized spacial score (nSPS) is 10.8. The molecule has 2 aromatic rings. The molecule has 2 aromatic carbocycles. The Morgan fingerprint density at radius 1 is 0.905 bits per heavy atom. The fourth-order valence-electron chi connectivity index (χ4n) is 2.59. The highest BCUT2D eigenvalue weighted by Crippen LogP contribution is 2.14. The van der Waals surface area contributed by atoms with Gasteiger partial charge in [-0.05, 0) is 61.9 Å². The fourth-order valence-corrected chi connectivity index (χ4v) is 2.59. The van der Waals surface area contributed by atoms with Crippen LogP contribution in [0.3, 0.4) is 0 Å². The van der Waals surface area contributed by atoms with Crippen LogP contribution in [0, 0.1) is 19.7 Å². The van der Waals surface area contributed by atoms with Crippen LogP contribution < -0.4 is 5.32 Å². The molecule has 0 fully saturated rings. The summed E-state index contributed by atoms with van der Waals surface area (Å²) < 4.78 is 13.5. The van der Waals surface area contributed by atoms with E-state index in [2.05, 4.69) is 35.6 Å². The van der Waals surface area contributed by atoms with Gasteiger partial charge in [-0.1, -0.05) is 42.5 Å². The molecule has 0 atom stereocenters. The maximum absolute atomic E-state index is 13.5. The monoisotopic (exact) mass is 285 g/mol. The Bertz CT molecular complexity index is 540. The molecule has 0 bridgehead atoms. The molecule has 21 heavy (non-hydrogen) atoms. The molecule has 112 valence electrons. The Balaban J connectivity index is 1.66. The highest BCUT2D eigenvalue weighted by atomic mass is 19.1. The van der Waals surface area contributed by atoms with Gasteiger partial charge in [0.05, 0.1) is 0 Å². The van der Waals surface area contributed by atoms with E-state index in [-0.39, 0.29) is 5.82 Å². The second-order valence-electron chi connectivity index (χ2n) is 5.66. The quantitative estimate of drug-likeness (QED) is 0.736. The predicted octanol–water partition coefficient (Wildman–Crippen LogP) is 4.56. The minimum absolute atomic E-state index is 0.0818. The summed E-state index contributed by atoms with van der Waals surface area (Å²) in [5.74, 6) is -0.0818. The van der Waals surface area contributed by atoms with E-state index in [0.29, 0.717) is 0 Å². The molecular weight excluding hydrogens is 261 g/mol. The fraction of sp³-hybridized carbons (Fsp3) is 0.368. The summed E-state index contributed by atoms with van der Waals surface area (Å²) in [5.41, 5.74) is 4.03. The molecular formula is C19H24FN. The van der Waals surface area contributed by atoms with Crippen molar-refractivity contribution in [3.63, 3.8) is 0 Å². The van der Waals surface area contributed by atoms with Gasteiger partial charge in [0, 0.05) is 6.54 Å². The number of benzene rings is 2. The second kappa shape index (κ2) is 7.94. The van der Waals surface area contributed by atoms with E-state index in [4.69, 9.17) is 0 Å². The third kappa shape index (κ3) is 4.98. The molecule has 0 spiro atoms. The molecule has 0 aliphatic heterocycles. The van der Waals surface area contributed by atoms with Crippen LogP contribution in [0.15, 0.2) is 42.5 Å². The zero-order chi connectivity index (χ0) is 15.1. The van der Waals surface area contributed by atoms with Gasteiger partial charge in [-0.2, -0.15) is 0 Å². The summed E-state index contributed by atoms with van der Waals surface area (Å²) >= 11 is 0. The summed E-state index contributed by atoms with van der Waals surface area (Å²) in [6.45, 7) is 5.47. The van der Waals surface area contributed by atoms with E-state index >= 15 is 0 Å². The molecule has 0 aliphatic rings. The van der Waals surface area contributed by atoms with Crippen LogP contribution in [0.25, 0.3) is 0 Å². The third-order valence-electron chi connectivity index (χ3n) is 3.74. The predicted molar refractivity (Wildman–Crippen MR) is 87.0 cm³/mol. The van der Waals surface area contributed by atoms with Crippen molar-refractivity contribution in [3.05, 3.63) is 70.5 Å². The molecule has 0 radical (unpaired) electrons. The zero-order valence-corrected chi connectivity index (χ0v) is 13.0. The Labute approximate surface area is 127 Å². The smallest absolute Gasteiger partial charge is 0.129 e. The first-order valence-electron chi connectivity index (χ1n) is 7.67. The molecule has 1 N–H and O–H groups in total. The first kappa shape index (κ1) is 15.7. The highest BCUT2D eigenvalue weighted by Gasteiger charge is 2.03. The van der Waals surface area contributed by atoms with Crippen LogP contribution in [0.4, 0.5) is 4.39 Å². The lowest BCUT2D eigenvalue weighted by Crippen LogP contribution is -2.15. The van der Waals surface area contributed by atoms with Crippen LogP contribution >= 0.6 is 0 Å². The van der Waals surface area contributed by atoms with E-state index in [0.717, 1.165) is 42.6 Å². The van der Waals surface area contributed by atoms with Gasteiger partial charge in [0.15, 0.2) is 0 Å². The molecule has 0 amide bonds. The standard InChI is InChI=1S/C19H24FN/c1-15-12-18(13-16(2)19(15)20)14-21-11-7-6-10-17-8-4-3-5-9-17/h3-5,8-9,12-13,21H,6-7,10-11,14H2,1-2H3. The molecule has 0 aliphatic carbocycles. The second-order valence-corrected chi connectivity index (χ2v) is 5.66. The third-order valence-corrected chi connectivity index (χ3v) is 3.74. The summed E-state index contributed by atoms with van der Waals surface area (Å²) in [7, 11) is 0. The van der Waals surface area contributed by atoms with Gasteiger partial charge in [0.25, 0.3) is 0 Å². The van der Waals surface area contributed by atoms with Crippen molar-refractivity contribution in [1.29, 1.82) is 0 Å². The van der Waals surface area contributed by atoms with Crippen molar-refractivity contribution in [1.82, 2.24) is 5.32 Å². The lowest BCUT2D eigenvalue weighted by molar-refractivity contribution is 0.602. The highest BCUT2D eigenvalue weighted by molar-refractivity contribution is 5.30. The maximum atomic E-state index is 13.5. The van der Waals surface area contributed by atoms with Crippen molar-refractivity contribution in [2.45, 2.75) is 39.7 Å². The number of unbranched alkanes of at least 4 members (excludes halogenated alkanes) is 1. The van der Waals surface area contributed by atoms with E-state index in [9.17, 15) is 4.39 Å². The average Bonchev–Trinajstić information content (AvgIpc) is 2.49. The van der Waals surface area contributed by atoms with Crippen molar-refractivity contribution < 1.29 is 4.39 Å². The van der Waals surface area contributed by atoms with Crippen LogP contribution in [-0.4, -0.2) is 6.54 Å². The molecule has 0 aromatic heterocycles. The van der Waals surface area contributed by atoms with Crippen LogP contribution in [-0.2, 0) is 13.0 Å². The molecule has 0 saturated heterocycles. The first-order chi connectivity index (χ1) is 10.2. The lowest BCUT2D eigenvalue weighted by atomic mass is 10.1. The first-order valence-corrected chi connectivity index (χ1v) is 7.67. The maximum Gasteiger partial charge on any atom is 0.129 e. The molecule has 1 nitrogen and oxygen atoms in total. The van der Waals surface area contributed by atoms with Gasteiger partial charge in [0.2, 0.25) is 0 Å². The Hall–Kier alpha value is -1.67. The van der Waals surface area contributed by atoms with Gasteiger partial charge in [-0.15, -0.1) is 0 Å². The molecule has 0 unspecified atom stereocenters. The van der Waals surface area contributed by atoms with Crippen molar-refractivity contribution in [2.75, 3.05) is 6.54 Å². The topological polar surface area (TPSA) is 12.0 Å². The zero-order valence-electron chi connectivity index (χ0n) is 13.0. The minimum Gasteiger partial charge on any atom is -0.313 e. The molecule has 2 rings (SSSR count). The van der Waals surface area contributed by atoms with Gasteiger partial charge in [0.1, 0.15) is 5.82 Å². The molecule has 0 saturated carbocycles. The van der Waals surface area contributed by atoms with Crippen LogP contribution in [0.5, 0.6) is 0 Å². The average molecular weight is 285 g/mol. The summed E-state index contributed by atoms with van der Waals surface area (Å²) in [4.78, 5) is 0. The van der Waals surface area contributed by atoms with Crippen molar-refractivity contribution >= 4 is 0 Å². The van der Waals surface area contributed by atoms with E-state index < -0.39 is 0 Å². The Kier molecular flexibility index (Phi) is 5.94. The van der Waals surface area contributed by atoms with Gasteiger partial charge in [-0.3, -0.25) is 0 Å². The van der Waals surface area contributed by atoms with Crippen LogP contribution in [0.2, 0.25) is 0 Å². The van der Waals surface area contributed by atoms with Gasteiger partial charge >= 0.3 is 0 Å². The number of rotatable bonds is 7. The SMILES string of the molecule is Cc1cc(CNCCCCc2ccccc2)cc(C)c1F. The van der Waals surface area contributed by atoms with Gasteiger partial charge < -0.3 is 5.32 Å². The lowest BCUT2D eigenvalue weighted by Gasteiger charge is -2.08. The number of hydrogen-bond acceptors (Lipinski definition) is 1. The number of nitrogens with one attached hydrogen (secondary N) is 1. The molecule has 2 heteroatoms.